The number of carboxylic acids is 1. The fourth-order valence-electron chi connectivity index (χ4n) is 3.38. The number of nitrogens with one attached hydrogen (secondary N) is 1. The number of rotatable bonds is 6. The first kappa shape index (κ1) is 18.5. The minimum atomic E-state index is -0.713. The highest BCUT2D eigenvalue weighted by molar-refractivity contribution is 5.83. The zero-order valence-corrected chi connectivity index (χ0v) is 14.9. The number of carbonyl (C=O) groups is 2. The van der Waals surface area contributed by atoms with Gasteiger partial charge in [0.15, 0.2) is 0 Å². The van der Waals surface area contributed by atoms with Crippen molar-refractivity contribution in [3.8, 4) is 0 Å². The van der Waals surface area contributed by atoms with E-state index in [2.05, 4.69) is 31.3 Å². The minimum absolute atomic E-state index is 0.0328. The lowest BCUT2D eigenvalue weighted by molar-refractivity contribution is -0.142. The van der Waals surface area contributed by atoms with Crippen LogP contribution < -0.4 is 5.32 Å². The smallest absolute Gasteiger partial charge is 0.306 e. The van der Waals surface area contributed by atoms with Gasteiger partial charge in [-0.05, 0) is 56.1 Å². The summed E-state index contributed by atoms with van der Waals surface area (Å²) in [5.41, 5.74) is 2.33. The predicted octanol–water partition coefficient (Wildman–Crippen LogP) is 3.75. The maximum atomic E-state index is 12.5. The van der Waals surface area contributed by atoms with Crippen molar-refractivity contribution in [3.05, 3.63) is 35.4 Å². The van der Waals surface area contributed by atoms with Crippen LogP contribution in [0.1, 0.15) is 63.5 Å². The Hall–Kier alpha value is -1.84. The average Bonchev–Trinajstić information content (AvgIpc) is 2.54. The summed E-state index contributed by atoms with van der Waals surface area (Å²) in [4.78, 5) is 23.4. The van der Waals surface area contributed by atoms with E-state index in [4.69, 9.17) is 5.11 Å². The topological polar surface area (TPSA) is 66.4 Å². The zero-order chi connectivity index (χ0) is 17.7. The van der Waals surface area contributed by atoms with Crippen LogP contribution in [-0.2, 0) is 16.0 Å². The number of amides is 1. The van der Waals surface area contributed by atoms with E-state index in [0.717, 1.165) is 24.8 Å². The number of benzene rings is 1. The van der Waals surface area contributed by atoms with Crippen molar-refractivity contribution in [3.63, 3.8) is 0 Å². The second-order valence-corrected chi connectivity index (χ2v) is 7.46. The van der Waals surface area contributed by atoms with E-state index in [1.165, 1.54) is 5.56 Å². The van der Waals surface area contributed by atoms with E-state index in [-0.39, 0.29) is 23.8 Å². The van der Waals surface area contributed by atoms with E-state index in [0.29, 0.717) is 18.8 Å². The standard InChI is InChI=1S/C20H29NO3/c1-13(2)12-15-4-6-16(7-5-15)14(3)19(22)21-18-10-8-17(9-11-18)20(23)24/h4-7,13-14,17-18H,8-12H2,1-3H3,(H,21,22)(H,23,24)/t14-,17?,18?/m0/s1. The minimum Gasteiger partial charge on any atom is -0.481 e. The van der Waals surface area contributed by atoms with Crippen molar-refractivity contribution >= 4 is 11.9 Å². The highest BCUT2D eigenvalue weighted by Gasteiger charge is 2.27. The lowest BCUT2D eigenvalue weighted by Crippen LogP contribution is -2.40. The van der Waals surface area contributed by atoms with E-state index < -0.39 is 5.97 Å². The van der Waals surface area contributed by atoms with Crippen LogP contribution >= 0.6 is 0 Å². The van der Waals surface area contributed by atoms with E-state index in [9.17, 15) is 9.59 Å². The molecule has 2 rings (SSSR count). The molecule has 0 aliphatic heterocycles. The Balaban J connectivity index is 1.87. The number of carboxylic acid groups (broad SMARTS) is 1. The summed E-state index contributed by atoms with van der Waals surface area (Å²) < 4.78 is 0. The lowest BCUT2D eigenvalue weighted by Gasteiger charge is -2.28. The number of carbonyl (C=O) groups excluding carboxylic acids is 1. The molecule has 1 amide bonds. The third-order valence-corrected chi connectivity index (χ3v) is 4.94. The van der Waals surface area contributed by atoms with Crippen molar-refractivity contribution in [2.24, 2.45) is 11.8 Å². The van der Waals surface area contributed by atoms with Gasteiger partial charge in [0.25, 0.3) is 0 Å². The first-order valence-electron chi connectivity index (χ1n) is 8.98. The summed E-state index contributed by atoms with van der Waals surface area (Å²) in [5, 5.41) is 12.1. The molecular weight excluding hydrogens is 302 g/mol. The molecule has 1 saturated carbocycles. The number of hydrogen-bond acceptors (Lipinski definition) is 2. The van der Waals surface area contributed by atoms with Crippen LogP contribution in [0.15, 0.2) is 24.3 Å². The molecule has 4 nitrogen and oxygen atoms in total. The molecule has 2 N–H and O–H groups in total. The van der Waals surface area contributed by atoms with Crippen molar-refractivity contribution in [1.29, 1.82) is 0 Å². The molecule has 132 valence electrons. The van der Waals surface area contributed by atoms with Crippen LogP contribution in [-0.4, -0.2) is 23.0 Å². The van der Waals surface area contributed by atoms with Gasteiger partial charge in [-0.25, -0.2) is 0 Å². The number of hydrogen-bond donors (Lipinski definition) is 2. The largest absolute Gasteiger partial charge is 0.481 e. The van der Waals surface area contributed by atoms with Crippen LogP contribution in [0.4, 0.5) is 0 Å². The van der Waals surface area contributed by atoms with Crippen LogP contribution in [0.5, 0.6) is 0 Å². The third-order valence-electron chi connectivity index (χ3n) is 4.94. The van der Waals surface area contributed by atoms with Gasteiger partial charge in [-0.2, -0.15) is 0 Å². The van der Waals surface area contributed by atoms with Crippen molar-refractivity contribution in [2.75, 3.05) is 0 Å². The molecular formula is C20H29NO3. The molecule has 1 aromatic rings. The maximum Gasteiger partial charge on any atom is 0.306 e. The Bertz CT molecular complexity index is 557. The first-order valence-corrected chi connectivity index (χ1v) is 8.98. The van der Waals surface area contributed by atoms with Gasteiger partial charge in [-0.15, -0.1) is 0 Å². The summed E-state index contributed by atoms with van der Waals surface area (Å²) >= 11 is 0. The van der Waals surface area contributed by atoms with Crippen molar-refractivity contribution < 1.29 is 14.7 Å². The van der Waals surface area contributed by atoms with Gasteiger partial charge in [0.1, 0.15) is 0 Å². The molecule has 0 radical (unpaired) electrons. The highest BCUT2D eigenvalue weighted by atomic mass is 16.4. The molecule has 1 aliphatic rings. The fourth-order valence-corrected chi connectivity index (χ4v) is 3.38. The summed E-state index contributed by atoms with van der Waals surface area (Å²) in [6, 6.07) is 8.41. The van der Waals surface area contributed by atoms with Gasteiger partial charge in [-0.3, -0.25) is 9.59 Å². The van der Waals surface area contributed by atoms with Gasteiger partial charge in [0.2, 0.25) is 5.91 Å². The summed E-state index contributed by atoms with van der Waals surface area (Å²) in [6.45, 7) is 6.32. The summed E-state index contributed by atoms with van der Waals surface area (Å²) in [5.74, 6) is -0.489. The SMILES string of the molecule is CC(C)Cc1ccc([C@H](C)C(=O)NC2CCC(C(=O)O)CC2)cc1. The van der Waals surface area contributed by atoms with Gasteiger partial charge in [0.05, 0.1) is 11.8 Å². The normalized spacial score (nSPS) is 22.2. The molecule has 24 heavy (non-hydrogen) atoms. The van der Waals surface area contributed by atoms with E-state index >= 15 is 0 Å². The number of aliphatic carboxylic acids is 1. The Morgan fingerprint density at radius 1 is 1.08 bits per heavy atom. The van der Waals surface area contributed by atoms with Crippen LogP contribution in [0.3, 0.4) is 0 Å². The molecule has 0 spiro atoms. The molecule has 1 fully saturated rings. The van der Waals surface area contributed by atoms with Crippen molar-refractivity contribution in [2.45, 2.75) is 64.8 Å². The summed E-state index contributed by atoms with van der Waals surface area (Å²) in [7, 11) is 0. The lowest BCUT2D eigenvalue weighted by atomic mass is 9.85. The third kappa shape index (κ3) is 5.08. The van der Waals surface area contributed by atoms with Gasteiger partial charge < -0.3 is 10.4 Å². The van der Waals surface area contributed by atoms with E-state index in [1.54, 1.807) is 0 Å². The molecule has 0 unspecified atom stereocenters. The second-order valence-electron chi connectivity index (χ2n) is 7.46. The van der Waals surface area contributed by atoms with Gasteiger partial charge >= 0.3 is 5.97 Å². The van der Waals surface area contributed by atoms with Gasteiger partial charge in [-0.1, -0.05) is 38.1 Å². The second kappa shape index (κ2) is 8.32. The molecule has 1 atom stereocenters. The molecule has 0 saturated heterocycles. The first-order chi connectivity index (χ1) is 11.4. The summed E-state index contributed by atoms with van der Waals surface area (Å²) in [6.07, 6.45) is 3.86. The molecule has 0 aromatic heterocycles. The Morgan fingerprint density at radius 2 is 1.67 bits per heavy atom. The van der Waals surface area contributed by atoms with E-state index in [1.807, 2.05) is 19.1 Å². The van der Waals surface area contributed by atoms with Crippen molar-refractivity contribution in [1.82, 2.24) is 5.32 Å². The molecule has 4 heteroatoms. The van der Waals surface area contributed by atoms with Gasteiger partial charge in [0, 0.05) is 6.04 Å². The quantitative estimate of drug-likeness (QED) is 0.834. The molecule has 1 aromatic carbocycles. The molecule has 0 heterocycles. The average molecular weight is 331 g/mol. The Labute approximate surface area is 144 Å². The Morgan fingerprint density at radius 3 is 2.17 bits per heavy atom. The fraction of sp³-hybridized carbons (Fsp3) is 0.600. The van der Waals surface area contributed by atoms with Crippen LogP contribution in [0, 0.1) is 11.8 Å². The highest BCUT2D eigenvalue weighted by Crippen LogP contribution is 2.25. The van der Waals surface area contributed by atoms with Crippen LogP contribution in [0.2, 0.25) is 0 Å². The Kier molecular flexibility index (Phi) is 6.41. The molecule has 0 bridgehead atoms. The molecule has 1 aliphatic carbocycles. The zero-order valence-electron chi connectivity index (χ0n) is 14.9. The maximum absolute atomic E-state index is 12.5. The monoisotopic (exact) mass is 331 g/mol. The van der Waals surface area contributed by atoms with Crippen LogP contribution in [0.25, 0.3) is 0 Å². The predicted molar refractivity (Wildman–Crippen MR) is 94.9 cm³/mol.